The van der Waals surface area contributed by atoms with Crippen molar-refractivity contribution in [3.63, 3.8) is 0 Å². The molecule has 0 saturated carbocycles. The summed E-state index contributed by atoms with van der Waals surface area (Å²) in [6.07, 6.45) is 2.97. The van der Waals surface area contributed by atoms with Crippen LogP contribution < -0.4 is 0 Å². The average molecular weight is 222 g/mol. The Balaban J connectivity index is 2.70. The van der Waals surface area contributed by atoms with Crippen LogP contribution in [0.2, 0.25) is 0 Å². The zero-order valence-corrected chi connectivity index (χ0v) is 10.8. The Labute approximate surface area is 98.4 Å². The zero-order valence-electron chi connectivity index (χ0n) is 10.8. The molecule has 0 amide bonds. The van der Waals surface area contributed by atoms with E-state index in [4.69, 9.17) is 4.74 Å². The summed E-state index contributed by atoms with van der Waals surface area (Å²) in [6, 6.07) is 0. The third-order valence-corrected chi connectivity index (χ3v) is 3.17. The van der Waals surface area contributed by atoms with E-state index in [1.165, 1.54) is 11.1 Å². The Bertz CT molecular complexity index is 324. The number of allylic oxidation sites excluding steroid dienone is 3. The molecule has 1 aliphatic carbocycles. The Hall–Kier alpha value is -1.05. The van der Waals surface area contributed by atoms with E-state index in [9.17, 15) is 4.79 Å². The summed E-state index contributed by atoms with van der Waals surface area (Å²) in [6.45, 7) is 11.8. The number of hydrogen-bond donors (Lipinski definition) is 0. The van der Waals surface area contributed by atoms with Gasteiger partial charge in [0.05, 0.1) is 5.92 Å². The van der Waals surface area contributed by atoms with Crippen molar-refractivity contribution in [3.05, 3.63) is 23.5 Å². The van der Waals surface area contributed by atoms with Crippen LogP contribution in [-0.2, 0) is 9.53 Å². The quantitative estimate of drug-likeness (QED) is 0.535. The molecule has 0 heterocycles. The number of ether oxygens (including phenoxy) is 1. The van der Waals surface area contributed by atoms with Crippen LogP contribution in [-0.4, -0.2) is 5.97 Å². The van der Waals surface area contributed by atoms with E-state index in [1.807, 2.05) is 20.8 Å². The van der Waals surface area contributed by atoms with Crippen LogP contribution in [0.3, 0.4) is 0 Å². The molecular formula is C14H22O2. The second-order valence-corrected chi connectivity index (χ2v) is 5.07. The summed E-state index contributed by atoms with van der Waals surface area (Å²) < 4.78 is 5.44. The van der Waals surface area contributed by atoms with E-state index in [0.29, 0.717) is 5.92 Å². The molecular weight excluding hydrogens is 200 g/mol. The third-order valence-electron chi connectivity index (χ3n) is 3.17. The van der Waals surface area contributed by atoms with Gasteiger partial charge in [-0.05, 0) is 38.2 Å². The fourth-order valence-corrected chi connectivity index (χ4v) is 1.82. The number of rotatable bonds is 3. The first-order valence-electron chi connectivity index (χ1n) is 5.97. The minimum absolute atomic E-state index is 0.0643. The molecule has 1 atom stereocenters. The van der Waals surface area contributed by atoms with Crippen LogP contribution in [0.1, 0.15) is 47.0 Å². The Morgan fingerprint density at radius 1 is 1.50 bits per heavy atom. The summed E-state index contributed by atoms with van der Waals surface area (Å²) in [4.78, 5) is 11.6. The summed E-state index contributed by atoms with van der Waals surface area (Å²) in [5.74, 6) is 1.15. The molecule has 2 nitrogen and oxygen atoms in total. The molecule has 1 aliphatic rings. The van der Waals surface area contributed by atoms with Crippen molar-refractivity contribution >= 4 is 5.97 Å². The normalized spacial score (nSPS) is 21.2. The van der Waals surface area contributed by atoms with Crippen molar-refractivity contribution in [3.8, 4) is 0 Å². The molecule has 0 saturated heterocycles. The summed E-state index contributed by atoms with van der Waals surface area (Å²) in [5, 5.41) is 0. The highest BCUT2D eigenvalue weighted by atomic mass is 16.5. The maximum atomic E-state index is 11.6. The van der Waals surface area contributed by atoms with Gasteiger partial charge in [-0.1, -0.05) is 26.0 Å². The summed E-state index contributed by atoms with van der Waals surface area (Å²) >= 11 is 0. The van der Waals surface area contributed by atoms with Crippen molar-refractivity contribution in [2.45, 2.75) is 47.0 Å². The number of carbonyl (C=O) groups is 1. The predicted octanol–water partition coefficient (Wildman–Crippen LogP) is 3.84. The zero-order chi connectivity index (χ0) is 12.3. The fourth-order valence-electron chi connectivity index (χ4n) is 1.82. The predicted molar refractivity (Wildman–Crippen MR) is 65.8 cm³/mol. The molecule has 0 N–H and O–H groups in total. The molecule has 0 unspecified atom stereocenters. The first kappa shape index (κ1) is 13.0. The highest BCUT2D eigenvalue weighted by Crippen LogP contribution is 2.33. The van der Waals surface area contributed by atoms with Crippen LogP contribution in [0.5, 0.6) is 0 Å². The van der Waals surface area contributed by atoms with Crippen LogP contribution in [0.15, 0.2) is 23.5 Å². The van der Waals surface area contributed by atoms with Gasteiger partial charge in [-0.2, -0.15) is 0 Å². The highest BCUT2D eigenvalue weighted by Gasteiger charge is 2.23. The van der Waals surface area contributed by atoms with Gasteiger partial charge in [-0.3, -0.25) is 4.79 Å². The molecule has 0 radical (unpaired) electrons. The van der Waals surface area contributed by atoms with Crippen LogP contribution in [0.4, 0.5) is 0 Å². The fraction of sp³-hybridized carbons (Fsp3) is 0.643. The molecule has 0 aromatic carbocycles. The molecule has 0 bridgehead atoms. The van der Waals surface area contributed by atoms with Gasteiger partial charge in [0.25, 0.3) is 0 Å². The first-order valence-corrected chi connectivity index (χ1v) is 5.97. The largest absolute Gasteiger partial charge is 0.431 e. The Morgan fingerprint density at radius 2 is 2.12 bits per heavy atom. The van der Waals surface area contributed by atoms with Crippen LogP contribution in [0, 0.1) is 11.8 Å². The lowest BCUT2D eigenvalue weighted by Gasteiger charge is -2.26. The lowest BCUT2D eigenvalue weighted by Crippen LogP contribution is -2.17. The summed E-state index contributed by atoms with van der Waals surface area (Å²) in [7, 11) is 0. The maximum Gasteiger partial charge on any atom is 0.313 e. The molecule has 0 spiro atoms. The molecule has 0 aromatic heterocycles. The highest BCUT2D eigenvalue weighted by molar-refractivity contribution is 5.72. The number of hydrogen-bond acceptors (Lipinski definition) is 2. The monoisotopic (exact) mass is 222 g/mol. The van der Waals surface area contributed by atoms with E-state index in [1.54, 1.807) is 0 Å². The first-order chi connectivity index (χ1) is 7.41. The molecule has 1 rings (SSSR count). The van der Waals surface area contributed by atoms with Crippen molar-refractivity contribution < 1.29 is 9.53 Å². The van der Waals surface area contributed by atoms with Gasteiger partial charge in [-0.25, -0.2) is 0 Å². The van der Waals surface area contributed by atoms with E-state index >= 15 is 0 Å². The van der Waals surface area contributed by atoms with Gasteiger partial charge in [0, 0.05) is 6.42 Å². The molecule has 0 fully saturated rings. The lowest BCUT2D eigenvalue weighted by molar-refractivity contribution is -0.143. The van der Waals surface area contributed by atoms with Gasteiger partial charge in [-0.15, -0.1) is 0 Å². The average Bonchev–Trinajstić information content (AvgIpc) is 2.20. The summed E-state index contributed by atoms with van der Waals surface area (Å²) in [5.41, 5.74) is 2.40. The van der Waals surface area contributed by atoms with Gasteiger partial charge in [0.2, 0.25) is 0 Å². The van der Waals surface area contributed by atoms with Gasteiger partial charge in [0.15, 0.2) is 0 Å². The molecule has 90 valence electrons. The molecule has 0 aromatic rings. The smallest absolute Gasteiger partial charge is 0.313 e. The molecule has 2 heteroatoms. The van der Waals surface area contributed by atoms with E-state index in [-0.39, 0.29) is 11.9 Å². The second-order valence-electron chi connectivity index (χ2n) is 5.07. The van der Waals surface area contributed by atoms with Crippen molar-refractivity contribution in [2.24, 2.45) is 11.8 Å². The third kappa shape index (κ3) is 3.22. The van der Waals surface area contributed by atoms with Crippen molar-refractivity contribution in [1.29, 1.82) is 0 Å². The SMILES string of the molecule is C=C(C)[C@@H]1CCC(C)=C(OC(=O)C(C)C)C1. The maximum absolute atomic E-state index is 11.6. The minimum Gasteiger partial charge on any atom is -0.431 e. The standard InChI is InChI=1S/C14H22O2/c1-9(2)12-7-6-11(5)13(8-12)16-14(15)10(3)4/h10,12H,1,6-8H2,2-5H3/t12-/m1/s1. The number of esters is 1. The Morgan fingerprint density at radius 3 is 2.62 bits per heavy atom. The minimum atomic E-state index is -0.128. The molecule has 16 heavy (non-hydrogen) atoms. The lowest BCUT2D eigenvalue weighted by atomic mass is 9.85. The second kappa shape index (κ2) is 5.33. The van der Waals surface area contributed by atoms with E-state index in [2.05, 4.69) is 13.5 Å². The van der Waals surface area contributed by atoms with Crippen molar-refractivity contribution in [2.75, 3.05) is 0 Å². The topological polar surface area (TPSA) is 26.3 Å². The number of carbonyl (C=O) groups excluding carboxylic acids is 1. The van der Waals surface area contributed by atoms with Crippen LogP contribution >= 0.6 is 0 Å². The molecule has 0 aliphatic heterocycles. The van der Waals surface area contributed by atoms with Gasteiger partial charge < -0.3 is 4.74 Å². The van der Waals surface area contributed by atoms with E-state index < -0.39 is 0 Å². The van der Waals surface area contributed by atoms with Gasteiger partial charge in [0.1, 0.15) is 5.76 Å². The Kier molecular flexibility index (Phi) is 4.34. The van der Waals surface area contributed by atoms with Crippen molar-refractivity contribution in [1.82, 2.24) is 0 Å². The van der Waals surface area contributed by atoms with E-state index in [0.717, 1.165) is 25.0 Å². The van der Waals surface area contributed by atoms with Gasteiger partial charge >= 0.3 is 5.97 Å². The van der Waals surface area contributed by atoms with Crippen LogP contribution in [0.25, 0.3) is 0 Å².